The molecule has 0 aliphatic heterocycles. The van der Waals surface area contributed by atoms with Gasteiger partial charge in [0.05, 0.1) is 24.9 Å². The lowest BCUT2D eigenvalue weighted by Gasteiger charge is -2.14. The van der Waals surface area contributed by atoms with Crippen LogP contribution in [0.15, 0.2) is 60.7 Å². The number of carbonyl (C=O) groups is 1. The Hall–Kier alpha value is -3.32. The Morgan fingerprint density at radius 1 is 0.950 bits per heavy atom. The first-order valence-corrected chi connectivity index (χ1v) is 16.3. The molecule has 6 nitrogen and oxygen atoms in total. The van der Waals surface area contributed by atoms with E-state index in [1.807, 2.05) is 13.0 Å². The summed E-state index contributed by atoms with van der Waals surface area (Å²) in [6.45, 7) is 5.08. The lowest BCUT2D eigenvalue weighted by Crippen LogP contribution is -2.11. The van der Waals surface area contributed by atoms with Crippen LogP contribution in [0.4, 0.5) is 5.69 Å². The van der Waals surface area contributed by atoms with Gasteiger partial charge >= 0.3 is 5.97 Å². The maximum Gasteiger partial charge on any atom is 0.309 e. The number of carbonyl (C=O) groups excluding carboxylic acids is 1. The van der Waals surface area contributed by atoms with Gasteiger partial charge in [-0.2, -0.15) is 0 Å². The smallest absolute Gasteiger partial charge is 0.309 e. The minimum atomic E-state index is -2.96. The molecule has 1 N–H and O–H groups in total. The fraction of sp³-hybridized carbons (Fsp3) is 0.424. The van der Waals surface area contributed by atoms with Crippen molar-refractivity contribution in [1.29, 1.82) is 0 Å². The van der Waals surface area contributed by atoms with Gasteiger partial charge in [-0.3, -0.25) is 4.79 Å². The fourth-order valence-electron chi connectivity index (χ4n) is 5.54. The average Bonchev–Trinajstić information content (AvgIpc) is 3.78. The molecule has 0 radical (unpaired) electrons. The van der Waals surface area contributed by atoms with Crippen molar-refractivity contribution in [3.63, 3.8) is 0 Å². The third kappa shape index (κ3) is 6.87. The molecule has 0 saturated heterocycles. The lowest BCUT2D eigenvalue weighted by atomic mass is 9.94. The number of rotatable bonds is 12. The molecule has 0 spiro atoms. The van der Waals surface area contributed by atoms with Gasteiger partial charge in [0.2, 0.25) is 0 Å². The van der Waals surface area contributed by atoms with Gasteiger partial charge < -0.3 is 14.8 Å². The number of anilines is 1. The number of fused-ring (bicyclic) bond motifs is 3. The number of sulfone groups is 1. The zero-order valence-corrected chi connectivity index (χ0v) is 24.3. The fourth-order valence-corrected chi connectivity index (χ4v) is 6.39. The van der Waals surface area contributed by atoms with E-state index in [1.54, 1.807) is 6.92 Å². The van der Waals surface area contributed by atoms with Crippen molar-refractivity contribution in [2.45, 2.75) is 58.4 Å². The van der Waals surface area contributed by atoms with Crippen LogP contribution < -0.4 is 10.1 Å². The van der Waals surface area contributed by atoms with Crippen molar-refractivity contribution < 1.29 is 22.7 Å². The van der Waals surface area contributed by atoms with Crippen LogP contribution in [0.2, 0.25) is 0 Å². The van der Waals surface area contributed by atoms with Gasteiger partial charge in [0, 0.05) is 18.0 Å². The van der Waals surface area contributed by atoms with E-state index < -0.39 is 9.84 Å². The Morgan fingerprint density at radius 2 is 1.75 bits per heavy atom. The normalized spacial score (nSPS) is 17.8. The topological polar surface area (TPSA) is 81.7 Å². The molecule has 212 valence electrons. The second-order valence-corrected chi connectivity index (χ2v) is 13.3. The summed E-state index contributed by atoms with van der Waals surface area (Å²) in [5.74, 6) is 1.35. The molecule has 2 aliphatic carbocycles. The first-order valence-electron chi connectivity index (χ1n) is 14.5. The molecule has 0 bridgehead atoms. The summed E-state index contributed by atoms with van der Waals surface area (Å²) in [5, 5.41) is 3.55. The van der Waals surface area contributed by atoms with Crippen LogP contribution in [0.25, 0.3) is 11.1 Å². The third-order valence-corrected chi connectivity index (χ3v) is 9.75. The van der Waals surface area contributed by atoms with Crippen LogP contribution in [0.3, 0.4) is 0 Å². The van der Waals surface area contributed by atoms with Crippen LogP contribution in [0.5, 0.6) is 5.75 Å². The molecule has 3 aromatic rings. The number of hydrogen-bond acceptors (Lipinski definition) is 6. The minimum absolute atomic E-state index is 0.00784. The standard InChI is InChI=1S/C33H39NO5S/c1-3-38-33(35)32-21-31(32)25-11-13-27(14-12-25)34-22-23-9-10-24-7-5-8-26-20-28(15-16-29(26)30(24)19-23)39-17-6-18-40(36,37)4-2/h9-16,19-20,31-32,34H,3-8,17-18,21-22H2,1-2H3/t31-,32+/m1/s1. The summed E-state index contributed by atoms with van der Waals surface area (Å²) in [5.41, 5.74) is 8.64. The highest BCUT2D eigenvalue weighted by Crippen LogP contribution is 2.48. The number of nitrogens with one attached hydrogen (secondary N) is 1. The summed E-state index contributed by atoms with van der Waals surface area (Å²) in [4.78, 5) is 12.0. The number of benzene rings is 3. The molecule has 1 saturated carbocycles. The van der Waals surface area contributed by atoms with E-state index in [2.05, 4.69) is 59.9 Å². The Kier molecular flexibility index (Phi) is 8.79. The first-order chi connectivity index (χ1) is 19.4. The van der Waals surface area contributed by atoms with Crippen LogP contribution in [-0.4, -0.2) is 39.1 Å². The van der Waals surface area contributed by atoms with Crippen molar-refractivity contribution in [3.05, 3.63) is 82.9 Å². The largest absolute Gasteiger partial charge is 0.494 e. The molecule has 0 aromatic heterocycles. The molecular formula is C33H39NO5S. The summed E-state index contributed by atoms with van der Waals surface area (Å²) < 4.78 is 34.5. The minimum Gasteiger partial charge on any atom is -0.494 e. The van der Waals surface area contributed by atoms with Gasteiger partial charge in [-0.25, -0.2) is 8.42 Å². The number of ether oxygens (including phenoxy) is 2. The molecule has 2 aliphatic rings. The van der Waals surface area contributed by atoms with Crippen molar-refractivity contribution in [1.82, 2.24) is 0 Å². The molecule has 0 heterocycles. The predicted octanol–water partition coefficient (Wildman–Crippen LogP) is 6.32. The first kappa shape index (κ1) is 28.2. The van der Waals surface area contributed by atoms with E-state index >= 15 is 0 Å². The molecule has 2 atom stereocenters. The van der Waals surface area contributed by atoms with E-state index in [-0.39, 0.29) is 29.3 Å². The zero-order chi connectivity index (χ0) is 28.1. The predicted molar refractivity (Wildman–Crippen MR) is 160 cm³/mol. The van der Waals surface area contributed by atoms with E-state index in [4.69, 9.17) is 9.47 Å². The molecule has 0 unspecified atom stereocenters. The van der Waals surface area contributed by atoms with Crippen LogP contribution >= 0.6 is 0 Å². The Morgan fingerprint density at radius 3 is 2.52 bits per heavy atom. The second kappa shape index (κ2) is 12.5. The molecule has 3 aromatic carbocycles. The van der Waals surface area contributed by atoms with Gasteiger partial charge in [-0.05, 0) is 109 Å². The highest BCUT2D eigenvalue weighted by Gasteiger charge is 2.45. The maximum absolute atomic E-state index is 12.0. The molecule has 5 rings (SSSR count). The Bertz CT molecular complexity index is 1450. The van der Waals surface area contributed by atoms with Crippen molar-refractivity contribution in [3.8, 4) is 16.9 Å². The highest BCUT2D eigenvalue weighted by atomic mass is 32.2. The summed E-state index contributed by atoms with van der Waals surface area (Å²) in [6.07, 6.45) is 4.49. The maximum atomic E-state index is 12.0. The second-order valence-electron chi connectivity index (χ2n) is 10.8. The number of aryl methyl sites for hydroxylation is 2. The average molecular weight is 562 g/mol. The number of hydrogen-bond donors (Lipinski definition) is 1. The molecule has 0 amide bonds. The third-order valence-electron chi connectivity index (χ3n) is 7.96. The number of esters is 1. The summed E-state index contributed by atoms with van der Waals surface area (Å²) in [6, 6.07) is 21.4. The van der Waals surface area contributed by atoms with E-state index in [9.17, 15) is 13.2 Å². The van der Waals surface area contributed by atoms with Gasteiger partial charge in [0.15, 0.2) is 0 Å². The SMILES string of the molecule is CCOC(=O)[C@H]1C[C@@H]1c1ccc(NCc2ccc3c(c2)-c2ccc(OCCCS(=O)(=O)CC)cc2CCC3)cc1. The van der Waals surface area contributed by atoms with Crippen LogP contribution in [0.1, 0.15) is 61.3 Å². The van der Waals surface area contributed by atoms with Crippen molar-refractivity contribution >= 4 is 21.5 Å². The molecular weight excluding hydrogens is 522 g/mol. The van der Waals surface area contributed by atoms with Gasteiger partial charge in [0.25, 0.3) is 0 Å². The zero-order valence-electron chi connectivity index (χ0n) is 23.4. The molecule has 7 heteroatoms. The van der Waals surface area contributed by atoms with E-state index in [1.165, 1.54) is 33.4 Å². The van der Waals surface area contributed by atoms with Crippen molar-refractivity contribution in [2.75, 3.05) is 30.0 Å². The highest BCUT2D eigenvalue weighted by molar-refractivity contribution is 7.91. The molecule has 40 heavy (non-hydrogen) atoms. The monoisotopic (exact) mass is 561 g/mol. The van der Waals surface area contributed by atoms with Crippen LogP contribution in [-0.2, 0) is 38.8 Å². The van der Waals surface area contributed by atoms with Gasteiger partial charge in [-0.1, -0.05) is 37.3 Å². The lowest BCUT2D eigenvalue weighted by molar-refractivity contribution is -0.144. The van der Waals surface area contributed by atoms with Gasteiger partial charge in [0.1, 0.15) is 15.6 Å². The Balaban J connectivity index is 1.21. The summed E-state index contributed by atoms with van der Waals surface area (Å²) in [7, 11) is -2.96. The van der Waals surface area contributed by atoms with Crippen LogP contribution in [0, 0.1) is 5.92 Å². The van der Waals surface area contributed by atoms with E-state index in [0.717, 1.165) is 43.7 Å². The molecule has 1 fully saturated rings. The van der Waals surface area contributed by atoms with Gasteiger partial charge in [-0.15, -0.1) is 0 Å². The Labute approximate surface area is 238 Å². The van der Waals surface area contributed by atoms with Crippen molar-refractivity contribution in [2.24, 2.45) is 5.92 Å². The summed E-state index contributed by atoms with van der Waals surface area (Å²) >= 11 is 0. The van der Waals surface area contributed by atoms with E-state index in [0.29, 0.717) is 19.6 Å². The quantitative estimate of drug-likeness (QED) is 0.206.